The summed E-state index contributed by atoms with van der Waals surface area (Å²) in [5.41, 5.74) is 1.16. The fraction of sp³-hybridized carbons (Fsp3) is 0.300. The summed E-state index contributed by atoms with van der Waals surface area (Å²) in [5, 5.41) is 11.8. The molecule has 138 valence electrons. The number of hydrogen-bond donors (Lipinski definition) is 2. The van der Waals surface area contributed by atoms with Crippen molar-refractivity contribution in [3.05, 3.63) is 54.1 Å². The lowest BCUT2D eigenvalue weighted by Gasteiger charge is -2.11. The van der Waals surface area contributed by atoms with Crippen molar-refractivity contribution in [2.24, 2.45) is 0 Å². The van der Waals surface area contributed by atoms with Gasteiger partial charge < -0.3 is 19.9 Å². The van der Waals surface area contributed by atoms with Crippen LogP contribution in [-0.2, 0) is 9.59 Å². The Hall–Kier alpha value is -3.02. The number of aliphatic carboxylic acids is 1. The van der Waals surface area contributed by atoms with Gasteiger partial charge in [0.15, 0.2) is 6.61 Å². The van der Waals surface area contributed by atoms with Crippen molar-refractivity contribution < 1.29 is 24.2 Å². The highest BCUT2D eigenvalue weighted by Crippen LogP contribution is 2.20. The van der Waals surface area contributed by atoms with Crippen LogP contribution in [-0.4, -0.2) is 30.2 Å². The molecule has 0 heterocycles. The molecule has 1 amide bonds. The van der Waals surface area contributed by atoms with E-state index in [-0.39, 0.29) is 12.5 Å². The maximum absolute atomic E-state index is 12.0. The molecule has 6 heteroatoms. The molecule has 1 unspecified atom stereocenters. The number of benzene rings is 2. The van der Waals surface area contributed by atoms with Crippen LogP contribution in [0.5, 0.6) is 11.5 Å². The number of nitrogens with one attached hydrogen (secondary N) is 1. The van der Waals surface area contributed by atoms with E-state index in [2.05, 4.69) is 5.32 Å². The van der Waals surface area contributed by atoms with Gasteiger partial charge in [-0.05, 0) is 55.3 Å². The summed E-state index contributed by atoms with van der Waals surface area (Å²) in [6.07, 6.45) is 0.935. The molecular formula is C20H23NO5. The van der Waals surface area contributed by atoms with Crippen LogP contribution in [0.2, 0.25) is 0 Å². The predicted octanol–water partition coefficient (Wildman–Crippen LogP) is 3.68. The van der Waals surface area contributed by atoms with Crippen molar-refractivity contribution in [1.82, 2.24) is 0 Å². The Morgan fingerprint density at radius 2 is 1.73 bits per heavy atom. The van der Waals surface area contributed by atoms with E-state index in [1.165, 1.54) is 0 Å². The van der Waals surface area contributed by atoms with Crippen molar-refractivity contribution in [2.75, 3.05) is 18.5 Å². The average Bonchev–Trinajstić information content (AvgIpc) is 2.65. The predicted molar refractivity (Wildman–Crippen MR) is 98.8 cm³/mol. The van der Waals surface area contributed by atoms with E-state index in [1.54, 1.807) is 55.5 Å². The number of ether oxygens (including phenoxy) is 2. The lowest BCUT2D eigenvalue weighted by molar-refractivity contribution is -0.138. The smallest absolute Gasteiger partial charge is 0.310 e. The monoisotopic (exact) mass is 357 g/mol. The third-order valence-electron chi connectivity index (χ3n) is 3.71. The summed E-state index contributed by atoms with van der Waals surface area (Å²) in [6.45, 7) is 4.14. The Morgan fingerprint density at radius 3 is 2.35 bits per heavy atom. The summed E-state index contributed by atoms with van der Waals surface area (Å²) in [7, 11) is 0. The van der Waals surface area contributed by atoms with E-state index in [4.69, 9.17) is 14.6 Å². The molecule has 0 saturated heterocycles. The maximum atomic E-state index is 12.0. The molecule has 2 aromatic carbocycles. The first kappa shape index (κ1) is 19.3. The Balaban J connectivity index is 1.87. The average molecular weight is 357 g/mol. The van der Waals surface area contributed by atoms with Crippen molar-refractivity contribution in [3.63, 3.8) is 0 Å². The lowest BCUT2D eigenvalue weighted by Crippen LogP contribution is -2.20. The van der Waals surface area contributed by atoms with E-state index < -0.39 is 11.9 Å². The quantitative estimate of drug-likeness (QED) is 0.715. The van der Waals surface area contributed by atoms with Crippen LogP contribution >= 0.6 is 0 Å². The van der Waals surface area contributed by atoms with Crippen molar-refractivity contribution >= 4 is 17.6 Å². The van der Waals surface area contributed by atoms with Gasteiger partial charge in [0, 0.05) is 5.69 Å². The standard InChI is InChI=1S/C20H23NO5/c1-3-11-25-17-7-9-18(10-8-17)26-13-19(22)21-16-6-4-5-15(12-16)14(2)20(23)24/h4-10,12,14H,3,11,13H2,1-2H3,(H,21,22)(H,23,24). The minimum absolute atomic E-state index is 0.145. The number of carboxylic acid groups (broad SMARTS) is 1. The normalized spacial score (nSPS) is 11.5. The molecule has 0 fully saturated rings. The molecule has 0 saturated carbocycles. The molecule has 0 bridgehead atoms. The van der Waals surface area contributed by atoms with Gasteiger partial charge in [0.05, 0.1) is 12.5 Å². The second-order valence-electron chi connectivity index (χ2n) is 5.84. The summed E-state index contributed by atoms with van der Waals surface area (Å²) in [4.78, 5) is 23.1. The molecule has 1 atom stereocenters. The molecule has 0 aromatic heterocycles. The molecule has 6 nitrogen and oxygen atoms in total. The third-order valence-corrected chi connectivity index (χ3v) is 3.71. The van der Waals surface area contributed by atoms with Crippen LogP contribution in [0.15, 0.2) is 48.5 Å². The third kappa shape index (κ3) is 5.81. The number of anilines is 1. The first-order valence-corrected chi connectivity index (χ1v) is 8.48. The Kier molecular flexibility index (Phi) is 7.02. The SMILES string of the molecule is CCCOc1ccc(OCC(=O)Nc2cccc(C(C)C(=O)O)c2)cc1. The van der Waals surface area contributed by atoms with Gasteiger partial charge in [0.2, 0.25) is 0 Å². The molecule has 2 aromatic rings. The zero-order chi connectivity index (χ0) is 18.9. The van der Waals surface area contributed by atoms with Crippen LogP contribution < -0.4 is 14.8 Å². The molecular weight excluding hydrogens is 334 g/mol. The molecule has 26 heavy (non-hydrogen) atoms. The highest BCUT2D eigenvalue weighted by molar-refractivity contribution is 5.92. The lowest BCUT2D eigenvalue weighted by atomic mass is 10.0. The number of carbonyl (C=O) groups excluding carboxylic acids is 1. The van der Waals surface area contributed by atoms with Crippen molar-refractivity contribution in [1.29, 1.82) is 0 Å². The van der Waals surface area contributed by atoms with Crippen LogP contribution in [0.4, 0.5) is 5.69 Å². The number of amides is 1. The van der Waals surface area contributed by atoms with Gasteiger partial charge >= 0.3 is 5.97 Å². The number of rotatable bonds is 9. The minimum Gasteiger partial charge on any atom is -0.494 e. The fourth-order valence-corrected chi connectivity index (χ4v) is 2.23. The van der Waals surface area contributed by atoms with Gasteiger partial charge in [0.1, 0.15) is 11.5 Å². The molecule has 0 spiro atoms. The zero-order valence-corrected chi connectivity index (χ0v) is 14.9. The highest BCUT2D eigenvalue weighted by atomic mass is 16.5. The summed E-state index contributed by atoms with van der Waals surface area (Å²) < 4.78 is 10.9. The van der Waals surface area contributed by atoms with E-state index in [0.717, 1.165) is 12.2 Å². The van der Waals surface area contributed by atoms with Gasteiger partial charge in [-0.3, -0.25) is 9.59 Å². The Bertz CT molecular complexity index is 742. The second-order valence-corrected chi connectivity index (χ2v) is 5.84. The van der Waals surface area contributed by atoms with Crippen molar-refractivity contribution in [3.8, 4) is 11.5 Å². The van der Waals surface area contributed by atoms with Gasteiger partial charge in [0.25, 0.3) is 5.91 Å². The molecule has 0 aliphatic heterocycles. The fourth-order valence-electron chi connectivity index (χ4n) is 2.23. The number of carbonyl (C=O) groups is 2. The maximum Gasteiger partial charge on any atom is 0.310 e. The Labute approximate surface area is 152 Å². The summed E-state index contributed by atoms with van der Waals surface area (Å²) in [6, 6.07) is 13.8. The minimum atomic E-state index is -0.914. The molecule has 0 aliphatic carbocycles. The largest absolute Gasteiger partial charge is 0.494 e. The molecule has 2 rings (SSSR count). The van der Waals surface area contributed by atoms with Gasteiger partial charge in [-0.2, -0.15) is 0 Å². The van der Waals surface area contributed by atoms with Gasteiger partial charge in [-0.25, -0.2) is 0 Å². The molecule has 0 radical (unpaired) electrons. The van der Waals surface area contributed by atoms with Crippen molar-refractivity contribution in [2.45, 2.75) is 26.2 Å². The van der Waals surface area contributed by atoms with Crippen LogP contribution in [0, 0.1) is 0 Å². The van der Waals surface area contributed by atoms with Gasteiger partial charge in [-0.15, -0.1) is 0 Å². The van der Waals surface area contributed by atoms with E-state index in [1.807, 2.05) is 6.92 Å². The van der Waals surface area contributed by atoms with Crippen LogP contribution in [0.1, 0.15) is 31.7 Å². The van der Waals surface area contributed by atoms with E-state index in [9.17, 15) is 9.59 Å². The first-order valence-electron chi connectivity index (χ1n) is 8.48. The topological polar surface area (TPSA) is 84.9 Å². The van der Waals surface area contributed by atoms with Gasteiger partial charge in [-0.1, -0.05) is 19.1 Å². The first-order chi connectivity index (χ1) is 12.5. The zero-order valence-electron chi connectivity index (χ0n) is 14.9. The summed E-state index contributed by atoms with van der Waals surface area (Å²) >= 11 is 0. The summed E-state index contributed by atoms with van der Waals surface area (Å²) in [5.74, 6) is -0.554. The van der Waals surface area contributed by atoms with Crippen LogP contribution in [0.3, 0.4) is 0 Å². The molecule has 2 N–H and O–H groups in total. The van der Waals surface area contributed by atoms with Crippen LogP contribution in [0.25, 0.3) is 0 Å². The second kappa shape index (κ2) is 9.46. The van der Waals surface area contributed by atoms with E-state index >= 15 is 0 Å². The molecule has 0 aliphatic rings. The van der Waals surface area contributed by atoms with E-state index in [0.29, 0.717) is 23.6 Å². The Morgan fingerprint density at radius 1 is 1.08 bits per heavy atom. The number of hydrogen-bond acceptors (Lipinski definition) is 4. The number of carboxylic acids is 1. The highest BCUT2D eigenvalue weighted by Gasteiger charge is 2.14.